The van der Waals surface area contributed by atoms with Crippen molar-refractivity contribution in [2.45, 2.75) is 26.7 Å². The molecule has 0 spiro atoms. The highest BCUT2D eigenvalue weighted by atomic mass is 15.4. The van der Waals surface area contributed by atoms with Gasteiger partial charge in [0, 0.05) is 6.42 Å². The van der Waals surface area contributed by atoms with Crippen LogP contribution in [-0.2, 0) is 6.42 Å². The SMILES string of the molecule is CC(C)CCc1nc(NN)n[nH]1. The van der Waals surface area contributed by atoms with E-state index in [1.165, 1.54) is 0 Å². The fourth-order valence-electron chi connectivity index (χ4n) is 0.897. The fourth-order valence-corrected chi connectivity index (χ4v) is 0.897. The third-order valence-corrected chi connectivity index (χ3v) is 1.62. The molecule has 1 rings (SSSR count). The molecule has 1 aromatic rings. The van der Waals surface area contributed by atoms with E-state index in [-0.39, 0.29) is 0 Å². The number of hydrogen-bond donors (Lipinski definition) is 3. The summed E-state index contributed by atoms with van der Waals surface area (Å²) in [7, 11) is 0. The zero-order valence-electron chi connectivity index (χ0n) is 7.46. The smallest absolute Gasteiger partial charge is 0.256 e. The predicted octanol–water partition coefficient (Wildman–Crippen LogP) is 0.679. The van der Waals surface area contributed by atoms with E-state index >= 15 is 0 Å². The molecule has 0 radical (unpaired) electrons. The normalized spacial score (nSPS) is 10.7. The summed E-state index contributed by atoms with van der Waals surface area (Å²) in [5.74, 6) is 7.15. The third kappa shape index (κ3) is 2.50. The number of aromatic amines is 1. The number of rotatable bonds is 4. The zero-order valence-corrected chi connectivity index (χ0v) is 7.46. The van der Waals surface area contributed by atoms with Gasteiger partial charge in [-0.3, -0.25) is 10.5 Å². The number of anilines is 1. The van der Waals surface area contributed by atoms with Crippen molar-refractivity contribution in [3.63, 3.8) is 0 Å². The number of nitrogens with two attached hydrogens (primary N) is 1. The Hall–Kier alpha value is -1.10. The first-order valence-electron chi connectivity index (χ1n) is 4.10. The lowest BCUT2D eigenvalue weighted by atomic mass is 10.1. The largest absolute Gasteiger partial charge is 0.291 e. The monoisotopic (exact) mass is 169 g/mol. The van der Waals surface area contributed by atoms with Gasteiger partial charge in [0.25, 0.3) is 5.95 Å². The minimum absolute atomic E-state index is 0.453. The Balaban J connectivity index is 2.41. The molecule has 0 amide bonds. The van der Waals surface area contributed by atoms with Gasteiger partial charge in [-0.15, -0.1) is 5.10 Å². The number of hydrogen-bond acceptors (Lipinski definition) is 4. The Morgan fingerprint density at radius 2 is 2.33 bits per heavy atom. The maximum Gasteiger partial charge on any atom is 0.256 e. The molecule has 0 aliphatic carbocycles. The van der Waals surface area contributed by atoms with Gasteiger partial charge >= 0.3 is 0 Å². The standard InChI is InChI=1S/C7H15N5/c1-5(2)3-4-6-9-7(10-8)12-11-6/h5H,3-4,8H2,1-2H3,(H2,9,10,11,12). The van der Waals surface area contributed by atoms with Gasteiger partial charge in [-0.1, -0.05) is 13.8 Å². The van der Waals surface area contributed by atoms with Crippen LogP contribution in [-0.4, -0.2) is 15.2 Å². The highest BCUT2D eigenvalue weighted by Gasteiger charge is 2.01. The molecule has 5 nitrogen and oxygen atoms in total. The molecule has 1 heterocycles. The van der Waals surface area contributed by atoms with E-state index in [0.717, 1.165) is 18.7 Å². The van der Waals surface area contributed by atoms with Crippen molar-refractivity contribution in [2.24, 2.45) is 11.8 Å². The van der Waals surface area contributed by atoms with Crippen LogP contribution in [0.5, 0.6) is 0 Å². The number of nitrogens with one attached hydrogen (secondary N) is 2. The van der Waals surface area contributed by atoms with Crippen LogP contribution in [0.2, 0.25) is 0 Å². The number of aromatic nitrogens is 3. The molecule has 0 bridgehead atoms. The summed E-state index contributed by atoms with van der Waals surface area (Å²) in [5, 5.41) is 6.65. The van der Waals surface area contributed by atoms with Gasteiger partial charge in [0.15, 0.2) is 0 Å². The second-order valence-corrected chi connectivity index (χ2v) is 3.18. The van der Waals surface area contributed by atoms with Gasteiger partial charge in [-0.05, 0) is 12.3 Å². The van der Waals surface area contributed by atoms with Gasteiger partial charge in [0.2, 0.25) is 0 Å². The van der Waals surface area contributed by atoms with Crippen LogP contribution in [0.15, 0.2) is 0 Å². The molecule has 68 valence electrons. The van der Waals surface area contributed by atoms with Crippen molar-refractivity contribution in [3.8, 4) is 0 Å². The number of aryl methyl sites for hydroxylation is 1. The van der Waals surface area contributed by atoms with E-state index in [0.29, 0.717) is 11.9 Å². The van der Waals surface area contributed by atoms with Crippen molar-refractivity contribution < 1.29 is 0 Å². The van der Waals surface area contributed by atoms with Crippen LogP contribution in [0.25, 0.3) is 0 Å². The van der Waals surface area contributed by atoms with Crippen LogP contribution >= 0.6 is 0 Å². The van der Waals surface area contributed by atoms with E-state index in [2.05, 4.69) is 34.5 Å². The number of hydrazine groups is 1. The molecular formula is C7H15N5. The third-order valence-electron chi connectivity index (χ3n) is 1.62. The molecule has 1 aromatic heterocycles. The molecule has 12 heavy (non-hydrogen) atoms. The molecule has 0 fully saturated rings. The van der Waals surface area contributed by atoms with Crippen LogP contribution in [0.1, 0.15) is 26.1 Å². The molecule has 0 saturated heterocycles. The highest BCUT2D eigenvalue weighted by Crippen LogP contribution is 2.05. The van der Waals surface area contributed by atoms with Crippen LogP contribution in [0.3, 0.4) is 0 Å². The zero-order chi connectivity index (χ0) is 8.97. The summed E-state index contributed by atoms with van der Waals surface area (Å²) in [5.41, 5.74) is 2.38. The van der Waals surface area contributed by atoms with Crippen LogP contribution in [0.4, 0.5) is 5.95 Å². The van der Waals surface area contributed by atoms with E-state index in [9.17, 15) is 0 Å². The predicted molar refractivity (Wildman–Crippen MR) is 47.4 cm³/mol. The molecule has 4 N–H and O–H groups in total. The second-order valence-electron chi connectivity index (χ2n) is 3.18. The highest BCUT2D eigenvalue weighted by molar-refractivity contribution is 5.19. The maximum absolute atomic E-state index is 5.12. The van der Waals surface area contributed by atoms with Crippen molar-refractivity contribution in [2.75, 3.05) is 5.43 Å². The molecule has 5 heteroatoms. The van der Waals surface area contributed by atoms with Gasteiger partial charge in [-0.25, -0.2) is 5.84 Å². The van der Waals surface area contributed by atoms with Crippen molar-refractivity contribution >= 4 is 5.95 Å². The lowest BCUT2D eigenvalue weighted by Gasteiger charge is -1.99. The Labute approximate surface area is 71.7 Å². The average Bonchev–Trinajstić information content (AvgIpc) is 2.48. The Bertz CT molecular complexity index is 229. The average molecular weight is 169 g/mol. The molecule has 0 saturated carbocycles. The number of H-pyrrole nitrogens is 1. The van der Waals surface area contributed by atoms with Crippen LogP contribution in [0, 0.1) is 5.92 Å². The van der Waals surface area contributed by atoms with E-state index < -0.39 is 0 Å². The summed E-state index contributed by atoms with van der Waals surface area (Å²) < 4.78 is 0. The van der Waals surface area contributed by atoms with Gasteiger partial charge in [-0.2, -0.15) is 4.98 Å². The first-order valence-corrected chi connectivity index (χ1v) is 4.10. The summed E-state index contributed by atoms with van der Waals surface area (Å²) >= 11 is 0. The Kier molecular flexibility index (Phi) is 3.04. The molecule has 0 atom stereocenters. The minimum atomic E-state index is 0.453. The van der Waals surface area contributed by atoms with Crippen LogP contribution < -0.4 is 11.3 Å². The van der Waals surface area contributed by atoms with Gasteiger partial charge in [0.1, 0.15) is 5.82 Å². The van der Waals surface area contributed by atoms with E-state index in [1.54, 1.807) is 0 Å². The number of nitrogens with zero attached hydrogens (tertiary/aromatic N) is 2. The summed E-state index contributed by atoms with van der Waals surface area (Å²) in [4.78, 5) is 4.10. The lowest BCUT2D eigenvalue weighted by Crippen LogP contribution is -2.08. The Morgan fingerprint density at radius 3 is 2.83 bits per heavy atom. The van der Waals surface area contributed by atoms with E-state index in [1.807, 2.05) is 0 Å². The number of nitrogen functional groups attached to an aromatic ring is 1. The first kappa shape index (κ1) is 8.99. The second kappa shape index (κ2) is 4.06. The fraction of sp³-hybridized carbons (Fsp3) is 0.714. The topological polar surface area (TPSA) is 79.6 Å². The van der Waals surface area contributed by atoms with E-state index in [4.69, 9.17) is 5.84 Å². The molecule has 0 aliphatic heterocycles. The molecule has 0 aromatic carbocycles. The summed E-state index contributed by atoms with van der Waals surface area (Å²) in [6.45, 7) is 4.36. The summed E-state index contributed by atoms with van der Waals surface area (Å²) in [6.07, 6.45) is 2.03. The molecular weight excluding hydrogens is 154 g/mol. The van der Waals surface area contributed by atoms with Gasteiger partial charge < -0.3 is 0 Å². The molecule has 0 aliphatic rings. The first-order chi connectivity index (χ1) is 5.72. The quantitative estimate of drug-likeness (QED) is 0.457. The van der Waals surface area contributed by atoms with Crippen molar-refractivity contribution in [3.05, 3.63) is 5.82 Å². The minimum Gasteiger partial charge on any atom is -0.291 e. The van der Waals surface area contributed by atoms with Crippen molar-refractivity contribution in [1.82, 2.24) is 15.2 Å². The molecule has 0 unspecified atom stereocenters. The maximum atomic E-state index is 5.12. The van der Waals surface area contributed by atoms with Gasteiger partial charge in [0.05, 0.1) is 0 Å². The lowest BCUT2D eigenvalue weighted by molar-refractivity contribution is 0.575. The Morgan fingerprint density at radius 1 is 1.58 bits per heavy atom. The summed E-state index contributed by atoms with van der Waals surface area (Å²) in [6, 6.07) is 0. The van der Waals surface area contributed by atoms with Crippen molar-refractivity contribution in [1.29, 1.82) is 0 Å².